The maximum Gasteiger partial charge on any atom is 0.128 e. The maximum atomic E-state index is 5.51. The summed E-state index contributed by atoms with van der Waals surface area (Å²) >= 11 is 0. The second-order valence-corrected chi connectivity index (χ2v) is 6.95. The van der Waals surface area contributed by atoms with Crippen LogP contribution in [-0.2, 0) is 6.54 Å². The summed E-state index contributed by atoms with van der Waals surface area (Å²) in [6.07, 6.45) is 7.33. The zero-order valence-electron chi connectivity index (χ0n) is 14.2. The monoisotopic (exact) mass is 303 g/mol. The number of hydrogen-bond acceptors (Lipinski definition) is 4. The first kappa shape index (κ1) is 15.8. The average Bonchev–Trinajstić information content (AvgIpc) is 3.34. The fraction of sp³-hybridized carbons (Fsp3) is 0.722. The minimum absolute atomic E-state index is 0.721. The van der Waals surface area contributed by atoms with Gasteiger partial charge in [0.2, 0.25) is 0 Å². The van der Waals surface area contributed by atoms with Crippen molar-refractivity contribution >= 4 is 0 Å². The van der Waals surface area contributed by atoms with Gasteiger partial charge in [-0.25, -0.2) is 0 Å². The topological polar surface area (TPSA) is 37.4 Å². The molecule has 3 rings (SSSR count). The molecule has 1 N–H and O–H groups in total. The SMILES string of the molecule is COc1c(C)cnc(CN2CCC(NCC3CC3)CC2)c1C. The summed E-state index contributed by atoms with van der Waals surface area (Å²) in [5.41, 5.74) is 3.47. The molecule has 4 heteroatoms. The van der Waals surface area contributed by atoms with Gasteiger partial charge in [0.25, 0.3) is 0 Å². The molecule has 122 valence electrons. The van der Waals surface area contributed by atoms with E-state index in [1.807, 2.05) is 6.20 Å². The Balaban J connectivity index is 1.51. The van der Waals surface area contributed by atoms with Crippen molar-refractivity contribution in [2.45, 2.75) is 52.1 Å². The van der Waals surface area contributed by atoms with Crippen LogP contribution in [-0.4, -0.2) is 42.7 Å². The number of rotatable bonds is 6. The van der Waals surface area contributed by atoms with Crippen LogP contribution in [0.2, 0.25) is 0 Å². The van der Waals surface area contributed by atoms with E-state index in [0.717, 1.165) is 35.5 Å². The number of nitrogens with zero attached hydrogens (tertiary/aromatic N) is 2. The smallest absolute Gasteiger partial charge is 0.128 e. The van der Waals surface area contributed by atoms with Crippen LogP contribution < -0.4 is 10.1 Å². The number of likely N-dealkylation sites (tertiary alicyclic amines) is 1. The van der Waals surface area contributed by atoms with E-state index in [9.17, 15) is 0 Å². The summed E-state index contributed by atoms with van der Waals surface area (Å²) < 4.78 is 5.51. The summed E-state index contributed by atoms with van der Waals surface area (Å²) in [6, 6.07) is 0.721. The van der Waals surface area contributed by atoms with Gasteiger partial charge >= 0.3 is 0 Å². The molecule has 1 aliphatic heterocycles. The van der Waals surface area contributed by atoms with Crippen molar-refractivity contribution in [3.8, 4) is 5.75 Å². The van der Waals surface area contributed by atoms with Crippen molar-refractivity contribution < 1.29 is 4.74 Å². The number of methoxy groups -OCH3 is 1. The fourth-order valence-corrected chi connectivity index (χ4v) is 3.39. The van der Waals surface area contributed by atoms with Crippen molar-refractivity contribution in [2.75, 3.05) is 26.7 Å². The van der Waals surface area contributed by atoms with E-state index in [-0.39, 0.29) is 0 Å². The molecule has 0 aromatic carbocycles. The lowest BCUT2D eigenvalue weighted by Gasteiger charge is -2.32. The molecule has 2 aliphatic rings. The molecule has 22 heavy (non-hydrogen) atoms. The van der Waals surface area contributed by atoms with Crippen LogP contribution in [0.1, 0.15) is 42.5 Å². The molecule has 1 saturated heterocycles. The van der Waals surface area contributed by atoms with Crippen LogP contribution in [0.4, 0.5) is 0 Å². The molecule has 0 bridgehead atoms. The molecule has 0 spiro atoms. The second kappa shape index (κ2) is 6.97. The van der Waals surface area contributed by atoms with Gasteiger partial charge in [-0.1, -0.05) is 0 Å². The van der Waals surface area contributed by atoms with Crippen LogP contribution in [0, 0.1) is 19.8 Å². The van der Waals surface area contributed by atoms with Crippen LogP contribution in [0.3, 0.4) is 0 Å². The number of aryl methyl sites for hydroxylation is 1. The third-order valence-electron chi connectivity index (χ3n) is 5.10. The highest BCUT2D eigenvalue weighted by Gasteiger charge is 2.24. The number of ether oxygens (including phenoxy) is 1. The first-order chi connectivity index (χ1) is 10.7. The number of piperidine rings is 1. The fourth-order valence-electron chi connectivity index (χ4n) is 3.39. The first-order valence-corrected chi connectivity index (χ1v) is 8.62. The molecule has 0 amide bonds. The van der Waals surface area contributed by atoms with Gasteiger partial charge in [0.15, 0.2) is 0 Å². The Morgan fingerprint density at radius 2 is 1.95 bits per heavy atom. The van der Waals surface area contributed by atoms with Crippen molar-refractivity contribution in [3.63, 3.8) is 0 Å². The quantitative estimate of drug-likeness (QED) is 0.877. The molecule has 0 atom stereocenters. The third kappa shape index (κ3) is 3.79. The third-order valence-corrected chi connectivity index (χ3v) is 5.10. The molecule has 2 fully saturated rings. The Kier molecular flexibility index (Phi) is 4.99. The van der Waals surface area contributed by atoms with Crippen LogP contribution in [0.15, 0.2) is 6.20 Å². The summed E-state index contributed by atoms with van der Waals surface area (Å²) in [6.45, 7) is 8.69. The molecule has 0 unspecified atom stereocenters. The number of hydrogen-bond donors (Lipinski definition) is 1. The van der Waals surface area contributed by atoms with Crippen LogP contribution in [0.25, 0.3) is 0 Å². The highest BCUT2D eigenvalue weighted by atomic mass is 16.5. The van der Waals surface area contributed by atoms with Gasteiger partial charge in [-0.15, -0.1) is 0 Å². The first-order valence-electron chi connectivity index (χ1n) is 8.62. The largest absolute Gasteiger partial charge is 0.496 e. The van der Waals surface area contributed by atoms with E-state index in [2.05, 4.69) is 29.0 Å². The number of pyridine rings is 1. The van der Waals surface area contributed by atoms with Gasteiger partial charge in [0.05, 0.1) is 12.8 Å². The normalized spacial score (nSPS) is 20.3. The van der Waals surface area contributed by atoms with E-state index >= 15 is 0 Å². The summed E-state index contributed by atoms with van der Waals surface area (Å²) in [4.78, 5) is 7.16. The van der Waals surface area contributed by atoms with Gasteiger partial charge in [0, 0.05) is 43.0 Å². The van der Waals surface area contributed by atoms with Crippen molar-refractivity contribution in [1.82, 2.24) is 15.2 Å². The minimum Gasteiger partial charge on any atom is -0.496 e. The van der Waals surface area contributed by atoms with E-state index in [1.165, 1.54) is 50.9 Å². The van der Waals surface area contributed by atoms with E-state index in [0.29, 0.717) is 0 Å². The molecule has 4 nitrogen and oxygen atoms in total. The van der Waals surface area contributed by atoms with Crippen molar-refractivity contribution in [2.24, 2.45) is 5.92 Å². The number of nitrogens with one attached hydrogen (secondary N) is 1. The highest BCUT2D eigenvalue weighted by molar-refractivity contribution is 5.41. The Morgan fingerprint density at radius 1 is 1.23 bits per heavy atom. The molecule has 1 aromatic rings. The lowest BCUT2D eigenvalue weighted by Crippen LogP contribution is -2.42. The van der Waals surface area contributed by atoms with E-state index in [4.69, 9.17) is 4.74 Å². The Labute approximate surface area is 134 Å². The van der Waals surface area contributed by atoms with Gasteiger partial charge in [-0.05, 0) is 52.0 Å². The molecular weight excluding hydrogens is 274 g/mol. The lowest BCUT2D eigenvalue weighted by molar-refractivity contribution is 0.187. The Hall–Kier alpha value is -1.13. The zero-order chi connectivity index (χ0) is 15.5. The molecular formula is C18H29N3O. The molecule has 1 aromatic heterocycles. The molecule has 1 aliphatic carbocycles. The predicted octanol–water partition coefficient (Wildman–Crippen LogP) is 2.67. The Morgan fingerprint density at radius 3 is 2.59 bits per heavy atom. The summed E-state index contributed by atoms with van der Waals surface area (Å²) in [5.74, 6) is 1.97. The van der Waals surface area contributed by atoms with Gasteiger partial charge in [-0.3, -0.25) is 9.88 Å². The second-order valence-electron chi connectivity index (χ2n) is 6.95. The van der Waals surface area contributed by atoms with E-state index in [1.54, 1.807) is 7.11 Å². The van der Waals surface area contributed by atoms with Crippen molar-refractivity contribution in [3.05, 3.63) is 23.0 Å². The van der Waals surface area contributed by atoms with Gasteiger partial charge in [0.1, 0.15) is 5.75 Å². The van der Waals surface area contributed by atoms with Crippen LogP contribution in [0.5, 0.6) is 5.75 Å². The summed E-state index contributed by atoms with van der Waals surface area (Å²) in [5, 5.41) is 3.74. The highest BCUT2D eigenvalue weighted by Crippen LogP contribution is 2.28. The van der Waals surface area contributed by atoms with Gasteiger partial charge < -0.3 is 10.1 Å². The molecule has 1 saturated carbocycles. The minimum atomic E-state index is 0.721. The Bertz CT molecular complexity index is 505. The zero-order valence-corrected chi connectivity index (χ0v) is 14.2. The maximum absolute atomic E-state index is 5.51. The van der Waals surface area contributed by atoms with Gasteiger partial charge in [-0.2, -0.15) is 0 Å². The number of aromatic nitrogens is 1. The molecule has 2 heterocycles. The van der Waals surface area contributed by atoms with Crippen molar-refractivity contribution in [1.29, 1.82) is 0 Å². The van der Waals surface area contributed by atoms with E-state index < -0.39 is 0 Å². The van der Waals surface area contributed by atoms with Crippen LogP contribution >= 0.6 is 0 Å². The summed E-state index contributed by atoms with van der Waals surface area (Å²) in [7, 11) is 1.75. The lowest BCUT2D eigenvalue weighted by atomic mass is 10.0. The average molecular weight is 303 g/mol. The molecule has 0 radical (unpaired) electrons. The standard InChI is InChI=1S/C18H29N3O/c1-13-10-20-17(14(2)18(13)22-3)12-21-8-6-16(7-9-21)19-11-15-4-5-15/h10,15-16,19H,4-9,11-12H2,1-3H3. The predicted molar refractivity (Wildman–Crippen MR) is 89.3 cm³/mol.